The fourth-order valence-corrected chi connectivity index (χ4v) is 5.78. The van der Waals surface area contributed by atoms with E-state index in [1.54, 1.807) is 0 Å². The summed E-state index contributed by atoms with van der Waals surface area (Å²) in [5.41, 5.74) is 0. The second-order valence-electron chi connectivity index (χ2n) is 7.54. The summed E-state index contributed by atoms with van der Waals surface area (Å²) in [6.45, 7) is 0. The number of fused-ring (bicyclic) bond motifs is 5. The summed E-state index contributed by atoms with van der Waals surface area (Å²) >= 11 is 0. The van der Waals surface area contributed by atoms with Gasteiger partial charge in [-0.25, -0.2) is 0 Å². The van der Waals surface area contributed by atoms with Crippen molar-refractivity contribution >= 4 is 5.97 Å². The van der Waals surface area contributed by atoms with Crippen LogP contribution >= 0.6 is 0 Å². The Morgan fingerprint density at radius 2 is 1.75 bits per heavy atom. The minimum atomic E-state index is -0.593. The Labute approximate surface area is 121 Å². The molecule has 3 fully saturated rings. The van der Waals surface area contributed by atoms with E-state index in [0.29, 0.717) is 23.7 Å². The molecule has 2 heteroatoms. The molecule has 0 aromatic carbocycles. The summed E-state index contributed by atoms with van der Waals surface area (Å²) < 4.78 is 0. The van der Waals surface area contributed by atoms with Gasteiger partial charge >= 0.3 is 5.97 Å². The third kappa shape index (κ3) is 1.90. The molecule has 0 spiro atoms. The van der Waals surface area contributed by atoms with Crippen molar-refractivity contribution in [3.05, 3.63) is 0 Å². The molecule has 7 atom stereocenters. The first-order valence-electron chi connectivity index (χ1n) is 8.48. The molecule has 0 saturated heterocycles. The van der Waals surface area contributed by atoms with E-state index in [9.17, 15) is 9.90 Å². The maximum absolute atomic E-state index is 11.3. The quantitative estimate of drug-likeness (QED) is 0.741. The molecule has 0 radical (unpaired) electrons. The van der Waals surface area contributed by atoms with E-state index in [0.717, 1.165) is 24.7 Å². The first-order chi connectivity index (χ1) is 9.74. The van der Waals surface area contributed by atoms with Crippen LogP contribution in [0.1, 0.15) is 51.4 Å². The average molecular weight is 272 g/mol. The normalized spacial score (nSPS) is 49.3. The molecule has 0 aliphatic heterocycles. The summed E-state index contributed by atoms with van der Waals surface area (Å²) in [5, 5.41) is 9.30. The highest BCUT2D eigenvalue weighted by Crippen LogP contribution is 2.54. The van der Waals surface area contributed by atoms with Gasteiger partial charge < -0.3 is 5.11 Å². The third-order valence-corrected chi connectivity index (χ3v) is 6.71. The van der Waals surface area contributed by atoms with Crippen molar-refractivity contribution in [3.8, 4) is 11.8 Å². The lowest BCUT2D eigenvalue weighted by Gasteiger charge is -2.47. The minimum absolute atomic E-state index is 0.123. The highest BCUT2D eigenvalue weighted by Gasteiger charge is 2.49. The summed E-state index contributed by atoms with van der Waals surface area (Å²) in [7, 11) is 0. The molecule has 0 aromatic rings. The van der Waals surface area contributed by atoms with Gasteiger partial charge in [-0.15, -0.1) is 0 Å². The number of aliphatic carboxylic acids is 1. The Morgan fingerprint density at radius 1 is 0.900 bits per heavy atom. The van der Waals surface area contributed by atoms with Gasteiger partial charge in [0.15, 0.2) is 0 Å². The van der Waals surface area contributed by atoms with E-state index in [1.165, 1.54) is 38.5 Å². The summed E-state index contributed by atoms with van der Waals surface area (Å²) in [5.74, 6) is 10.4. The summed E-state index contributed by atoms with van der Waals surface area (Å²) in [6.07, 6.45) is 10.00. The Morgan fingerprint density at radius 3 is 2.60 bits per heavy atom. The van der Waals surface area contributed by atoms with Crippen LogP contribution in [0.5, 0.6) is 0 Å². The molecule has 4 aliphatic rings. The molecular formula is C18H24O2. The molecule has 108 valence electrons. The zero-order valence-corrected chi connectivity index (χ0v) is 12.1. The van der Waals surface area contributed by atoms with E-state index < -0.39 is 5.97 Å². The molecule has 4 rings (SSSR count). The van der Waals surface area contributed by atoms with E-state index in [-0.39, 0.29) is 5.92 Å². The van der Waals surface area contributed by atoms with Crippen molar-refractivity contribution < 1.29 is 9.90 Å². The Bertz CT molecular complexity index is 472. The van der Waals surface area contributed by atoms with Crippen molar-refractivity contribution in [1.82, 2.24) is 0 Å². The molecule has 2 unspecified atom stereocenters. The number of hydrogen-bond acceptors (Lipinski definition) is 1. The highest BCUT2D eigenvalue weighted by atomic mass is 16.4. The summed E-state index contributed by atoms with van der Waals surface area (Å²) in [6, 6.07) is 0. The number of carboxylic acid groups (broad SMARTS) is 1. The Balaban J connectivity index is 1.57. The Kier molecular flexibility index (Phi) is 3.05. The molecule has 2 nitrogen and oxygen atoms in total. The zero-order valence-electron chi connectivity index (χ0n) is 12.1. The van der Waals surface area contributed by atoms with Crippen molar-refractivity contribution in [3.63, 3.8) is 0 Å². The van der Waals surface area contributed by atoms with Gasteiger partial charge in [-0.3, -0.25) is 4.79 Å². The van der Waals surface area contributed by atoms with E-state index in [4.69, 9.17) is 0 Å². The minimum Gasteiger partial charge on any atom is -0.481 e. The van der Waals surface area contributed by atoms with Crippen LogP contribution < -0.4 is 0 Å². The van der Waals surface area contributed by atoms with Gasteiger partial charge in [0.1, 0.15) is 0 Å². The molecule has 0 amide bonds. The monoisotopic (exact) mass is 272 g/mol. The number of rotatable bonds is 1. The topological polar surface area (TPSA) is 37.3 Å². The molecule has 0 aromatic heterocycles. The molecule has 1 N–H and O–H groups in total. The van der Waals surface area contributed by atoms with Crippen LogP contribution in [0.15, 0.2) is 0 Å². The molecule has 3 saturated carbocycles. The van der Waals surface area contributed by atoms with Crippen LogP contribution in [-0.2, 0) is 4.79 Å². The van der Waals surface area contributed by atoms with Crippen molar-refractivity contribution in [2.45, 2.75) is 51.4 Å². The fourth-order valence-electron chi connectivity index (χ4n) is 5.78. The average Bonchev–Trinajstić information content (AvgIpc) is 2.91. The SMILES string of the molecule is O=C(O)C1C[C@H]2[C@@H]3CCC4CCCC[C@@H]4[C@H]3C#C[C@@H]2C1. The van der Waals surface area contributed by atoms with E-state index in [2.05, 4.69) is 11.8 Å². The van der Waals surface area contributed by atoms with Crippen LogP contribution in [-0.4, -0.2) is 11.1 Å². The van der Waals surface area contributed by atoms with E-state index >= 15 is 0 Å². The van der Waals surface area contributed by atoms with Crippen LogP contribution in [0, 0.1) is 53.3 Å². The van der Waals surface area contributed by atoms with Crippen molar-refractivity contribution in [2.24, 2.45) is 41.4 Å². The highest BCUT2D eigenvalue weighted by molar-refractivity contribution is 5.70. The fraction of sp³-hybridized carbons (Fsp3) is 0.833. The van der Waals surface area contributed by atoms with Gasteiger partial charge in [0.25, 0.3) is 0 Å². The molecule has 4 aliphatic carbocycles. The lowest BCUT2D eigenvalue weighted by atomic mass is 9.56. The van der Waals surface area contributed by atoms with Crippen LogP contribution in [0.2, 0.25) is 0 Å². The zero-order chi connectivity index (χ0) is 13.7. The molecule has 0 bridgehead atoms. The lowest BCUT2D eigenvalue weighted by molar-refractivity contribution is -0.141. The third-order valence-electron chi connectivity index (χ3n) is 6.71. The predicted molar refractivity (Wildman–Crippen MR) is 76.8 cm³/mol. The second kappa shape index (κ2) is 4.79. The van der Waals surface area contributed by atoms with Gasteiger partial charge in [0.05, 0.1) is 5.92 Å². The van der Waals surface area contributed by atoms with Gasteiger partial charge in [-0.2, -0.15) is 0 Å². The lowest BCUT2D eigenvalue weighted by Crippen LogP contribution is -2.41. The number of carboxylic acids is 1. The first kappa shape index (κ1) is 12.7. The van der Waals surface area contributed by atoms with Gasteiger partial charge in [-0.05, 0) is 55.8 Å². The van der Waals surface area contributed by atoms with Crippen LogP contribution in [0.25, 0.3) is 0 Å². The maximum atomic E-state index is 11.3. The largest absolute Gasteiger partial charge is 0.481 e. The van der Waals surface area contributed by atoms with Gasteiger partial charge in [-0.1, -0.05) is 31.1 Å². The van der Waals surface area contributed by atoms with E-state index in [1.807, 2.05) is 0 Å². The molecule has 20 heavy (non-hydrogen) atoms. The second-order valence-corrected chi connectivity index (χ2v) is 7.54. The smallest absolute Gasteiger partial charge is 0.306 e. The summed E-state index contributed by atoms with van der Waals surface area (Å²) in [4.78, 5) is 11.3. The standard InChI is InChI=1S/C18H24O2/c19-18(20)13-9-12-6-8-15-14-4-2-1-3-11(14)5-7-16(15)17(12)10-13/h11-17H,1-5,7,9-10H2,(H,19,20)/t11?,12-,13?,14+,15-,16-,17-/m1/s1. The van der Waals surface area contributed by atoms with Crippen molar-refractivity contribution in [2.75, 3.05) is 0 Å². The molecular weight excluding hydrogens is 248 g/mol. The van der Waals surface area contributed by atoms with Crippen molar-refractivity contribution in [1.29, 1.82) is 0 Å². The number of carbonyl (C=O) groups is 1. The molecule has 0 heterocycles. The van der Waals surface area contributed by atoms with Gasteiger partial charge in [0.2, 0.25) is 0 Å². The van der Waals surface area contributed by atoms with Crippen LogP contribution in [0.3, 0.4) is 0 Å². The van der Waals surface area contributed by atoms with Crippen LogP contribution in [0.4, 0.5) is 0 Å². The number of hydrogen-bond donors (Lipinski definition) is 1. The maximum Gasteiger partial charge on any atom is 0.306 e. The Hall–Kier alpha value is -0.970. The first-order valence-corrected chi connectivity index (χ1v) is 8.48. The predicted octanol–water partition coefficient (Wildman–Crippen LogP) is 3.56. The van der Waals surface area contributed by atoms with Gasteiger partial charge in [0, 0.05) is 11.8 Å².